The molecular formula is C12H11NO2S2. The number of benzene rings is 1. The fourth-order valence-electron chi connectivity index (χ4n) is 1.25. The maximum Gasteiger partial charge on any atom is 0.282 e. The summed E-state index contributed by atoms with van der Waals surface area (Å²) in [6, 6.07) is 8.46. The number of hydrogen-bond donors (Lipinski definition) is 0. The van der Waals surface area contributed by atoms with Crippen LogP contribution >= 0.6 is 11.3 Å². The number of thiophene rings is 1. The van der Waals surface area contributed by atoms with Crippen LogP contribution in [0.25, 0.3) is 0 Å². The minimum atomic E-state index is -3.58. The number of rotatable bonds is 3. The van der Waals surface area contributed by atoms with E-state index in [-0.39, 0.29) is 4.90 Å². The summed E-state index contributed by atoms with van der Waals surface area (Å²) in [5.41, 5.74) is 1.82. The van der Waals surface area contributed by atoms with Crippen molar-refractivity contribution in [3.05, 3.63) is 52.2 Å². The predicted octanol–water partition coefficient (Wildman–Crippen LogP) is 2.86. The standard InChI is InChI=1S/C12H11NO2S2/c1-10-2-4-12(5-3-10)17(14,15)13-8-11-6-7-16-9-11/h2-9H,1H3. The van der Waals surface area contributed by atoms with Crippen LogP contribution < -0.4 is 0 Å². The summed E-state index contributed by atoms with van der Waals surface area (Å²) in [6.07, 6.45) is 1.37. The molecule has 5 heteroatoms. The van der Waals surface area contributed by atoms with Crippen molar-refractivity contribution in [1.29, 1.82) is 0 Å². The Morgan fingerprint density at radius 1 is 1.18 bits per heavy atom. The Hall–Kier alpha value is -1.46. The fraction of sp³-hybridized carbons (Fsp3) is 0.0833. The SMILES string of the molecule is Cc1ccc(S(=O)(=O)N=Cc2ccsc2)cc1. The highest BCUT2D eigenvalue weighted by atomic mass is 32.2. The second kappa shape index (κ2) is 4.81. The van der Waals surface area contributed by atoms with E-state index in [1.165, 1.54) is 17.6 Å². The van der Waals surface area contributed by atoms with E-state index in [0.29, 0.717) is 0 Å². The Labute approximate surface area is 105 Å². The molecule has 1 heterocycles. The smallest absolute Gasteiger partial charge is 0.199 e. The Balaban J connectivity index is 2.28. The highest BCUT2D eigenvalue weighted by Gasteiger charge is 2.10. The second-order valence-corrected chi connectivity index (χ2v) is 5.99. The Kier molecular flexibility index (Phi) is 3.40. The minimum Gasteiger partial charge on any atom is -0.199 e. The van der Waals surface area contributed by atoms with Gasteiger partial charge in [-0.3, -0.25) is 0 Å². The van der Waals surface area contributed by atoms with Crippen molar-refractivity contribution in [2.24, 2.45) is 4.40 Å². The fourth-order valence-corrected chi connectivity index (χ4v) is 2.72. The largest absolute Gasteiger partial charge is 0.282 e. The average molecular weight is 265 g/mol. The zero-order chi connectivity index (χ0) is 12.3. The van der Waals surface area contributed by atoms with Crippen molar-refractivity contribution < 1.29 is 8.42 Å². The molecule has 0 amide bonds. The summed E-state index contributed by atoms with van der Waals surface area (Å²) in [6.45, 7) is 1.91. The summed E-state index contributed by atoms with van der Waals surface area (Å²) < 4.78 is 27.3. The van der Waals surface area contributed by atoms with Crippen LogP contribution in [0.5, 0.6) is 0 Å². The van der Waals surface area contributed by atoms with E-state index in [4.69, 9.17) is 0 Å². The molecule has 0 fully saturated rings. The van der Waals surface area contributed by atoms with Crippen molar-refractivity contribution in [3.63, 3.8) is 0 Å². The van der Waals surface area contributed by atoms with Crippen molar-refractivity contribution >= 4 is 27.6 Å². The van der Waals surface area contributed by atoms with Gasteiger partial charge in [0.2, 0.25) is 0 Å². The summed E-state index contributed by atoms with van der Waals surface area (Å²) in [7, 11) is -3.58. The predicted molar refractivity (Wildman–Crippen MR) is 70.3 cm³/mol. The average Bonchev–Trinajstić information content (AvgIpc) is 2.80. The lowest BCUT2D eigenvalue weighted by Crippen LogP contribution is -1.97. The first-order valence-corrected chi connectivity index (χ1v) is 7.35. The van der Waals surface area contributed by atoms with Gasteiger partial charge in [-0.1, -0.05) is 17.7 Å². The third kappa shape index (κ3) is 3.01. The van der Waals surface area contributed by atoms with Crippen LogP contribution in [-0.2, 0) is 10.0 Å². The van der Waals surface area contributed by atoms with Crippen LogP contribution in [0.2, 0.25) is 0 Å². The summed E-state index contributed by atoms with van der Waals surface area (Å²) >= 11 is 1.50. The van der Waals surface area contributed by atoms with E-state index in [1.807, 2.05) is 23.8 Å². The molecule has 0 saturated heterocycles. The van der Waals surface area contributed by atoms with Gasteiger partial charge in [-0.25, -0.2) is 0 Å². The zero-order valence-electron chi connectivity index (χ0n) is 9.20. The van der Waals surface area contributed by atoms with Gasteiger partial charge in [-0.15, -0.1) is 0 Å². The quantitative estimate of drug-likeness (QED) is 0.801. The molecule has 1 aromatic carbocycles. The lowest BCUT2D eigenvalue weighted by atomic mass is 10.2. The molecule has 17 heavy (non-hydrogen) atoms. The maximum atomic E-state index is 11.8. The van der Waals surface area contributed by atoms with Gasteiger partial charge in [0, 0.05) is 11.8 Å². The number of aryl methyl sites for hydroxylation is 1. The highest BCUT2D eigenvalue weighted by molar-refractivity contribution is 7.90. The summed E-state index contributed by atoms with van der Waals surface area (Å²) in [5, 5.41) is 3.72. The molecule has 0 aliphatic heterocycles. The van der Waals surface area contributed by atoms with Crippen LogP contribution in [0, 0.1) is 6.92 Å². The molecule has 0 spiro atoms. The normalized spacial score (nSPS) is 12.1. The summed E-state index contributed by atoms with van der Waals surface area (Å²) in [5.74, 6) is 0. The number of hydrogen-bond acceptors (Lipinski definition) is 3. The van der Waals surface area contributed by atoms with Gasteiger partial charge in [-0.05, 0) is 35.9 Å². The van der Waals surface area contributed by atoms with Gasteiger partial charge in [-0.2, -0.15) is 24.2 Å². The van der Waals surface area contributed by atoms with E-state index in [2.05, 4.69) is 4.40 Å². The van der Waals surface area contributed by atoms with E-state index < -0.39 is 10.0 Å². The molecule has 1 aromatic heterocycles. The molecule has 2 aromatic rings. The second-order valence-electron chi connectivity index (χ2n) is 3.58. The molecule has 0 bridgehead atoms. The Morgan fingerprint density at radius 2 is 1.88 bits per heavy atom. The summed E-state index contributed by atoms with van der Waals surface area (Å²) in [4.78, 5) is 0.217. The monoisotopic (exact) mass is 265 g/mol. The first-order chi connectivity index (χ1) is 8.08. The van der Waals surface area contributed by atoms with Crippen LogP contribution in [0.4, 0.5) is 0 Å². The van der Waals surface area contributed by atoms with Gasteiger partial charge in [0.15, 0.2) is 0 Å². The minimum absolute atomic E-state index is 0.217. The number of nitrogens with zero attached hydrogens (tertiary/aromatic N) is 1. The van der Waals surface area contributed by atoms with Crippen molar-refractivity contribution in [3.8, 4) is 0 Å². The molecule has 3 nitrogen and oxygen atoms in total. The third-order valence-electron chi connectivity index (χ3n) is 2.20. The van der Waals surface area contributed by atoms with Crippen LogP contribution in [0.15, 0.2) is 50.4 Å². The molecule has 0 saturated carbocycles. The molecule has 0 aliphatic rings. The Bertz CT molecular complexity index is 611. The van der Waals surface area contributed by atoms with Gasteiger partial charge in [0.05, 0.1) is 4.90 Å². The number of sulfonamides is 1. The lowest BCUT2D eigenvalue weighted by molar-refractivity contribution is 0.598. The van der Waals surface area contributed by atoms with Crippen LogP contribution in [-0.4, -0.2) is 14.6 Å². The zero-order valence-corrected chi connectivity index (χ0v) is 10.8. The molecule has 0 aliphatic carbocycles. The van der Waals surface area contributed by atoms with Crippen molar-refractivity contribution in [2.45, 2.75) is 11.8 Å². The van der Waals surface area contributed by atoms with E-state index in [9.17, 15) is 8.42 Å². The van der Waals surface area contributed by atoms with E-state index >= 15 is 0 Å². The molecule has 88 valence electrons. The topological polar surface area (TPSA) is 46.5 Å². The molecule has 0 unspecified atom stereocenters. The highest BCUT2D eigenvalue weighted by Crippen LogP contribution is 2.13. The van der Waals surface area contributed by atoms with Gasteiger partial charge in [0.25, 0.3) is 10.0 Å². The molecule has 0 radical (unpaired) electrons. The molecule has 2 rings (SSSR count). The van der Waals surface area contributed by atoms with Crippen LogP contribution in [0.3, 0.4) is 0 Å². The van der Waals surface area contributed by atoms with Gasteiger partial charge >= 0.3 is 0 Å². The third-order valence-corrected chi connectivity index (χ3v) is 4.15. The first kappa shape index (κ1) is 12.0. The maximum absolute atomic E-state index is 11.8. The van der Waals surface area contributed by atoms with E-state index in [0.717, 1.165) is 11.1 Å². The first-order valence-electron chi connectivity index (χ1n) is 4.97. The molecule has 0 N–H and O–H groups in total. The lowest BCUT2D eigenvalue weighted by Gasteiger charge is -1.98. The Morgan fingerprint density at radius 3 is 2.47 bits per heavy atom. The van der Waals surface area contributed by atoms with Gasteiger partial charge in [0.1, 0.15) is 0 Å². The van der Waals surface area contributed by atoms with Crippen LogP contribution in [0.1, 0.15) is 11.1 Å². The van der Waals surface area contributed by atoms with Crippen molar-refractivity contribution in [2.75, 3.05) is 0 Å². The van der Waals surface area contributed by atoms with Gasteiger partial charge < -0.3 is 0 Å². The van der Waals surface area contributed by atoms with E-state index in [1.54, 1.807) is 24.3 Å². The molecule has 0 atom stereocenters. The van der Waals surface area contributed by atoms with Crippen molar-refractivity contribution in [1.82, 2.24) is 0 Å². The molecular weight excluding hydrogens is 254 g/mol.